The van der Waals surface area contributed by atoms with Crippen molar-refractivity contribution in [1.29, 1.82) is 0 Å². The number of fused-ring (bicyclic) bond motifs is 2. The van der Waals surface area contributed by atoms with Gasteiger partial charge in [-0.05, 0) is 65.1 Å². The lowest BCUT2D eigenvalue weighted by atomic mass is 9.94. The van der Waals surface area contributed by atoms with Gasteiger partial charge < -0.3 is 19.3 Å². The van der Waals surface area contributed by atoms with Crippen LogP contribution in [0.4, 0.5) is 16.0 Å². The summed E-state index contributed by atoms with van der Waals surface area (Å²) in [4.78, 5) is 14.5. The molecule has 0 unspecified atom stereocenters. The van der Waals surface area contributed by atoms with E-state index in [-0.39, 0.29) is 5.82 Å². The lowest BCUT2D eigenvalue weighted by Crippen LogP contribution is -2.39. The molecule has 1 fully saturated rings. The van der Waals surface area contributed by atoms with Crippen LogP contribution in [-0.4, -0.2) is 75.0 Å². The summed E-state index contributed by atoms with van der Waals surface area (Å²) in [5.74, 6) is 1.38. The lowest BCUT2D eigenvalue weighted by Gasteiger charge is -2.36. The minimum atomic E-state index is -1.28. The van der Waals surface area contributed by atoms with Gasteiger partial charge in [-0.1, -0.05) is 64.6 Å². The smallest absolute Gasteiger partial charge is 0.167 e. The number of halogens is 2. The van der Waals surface area contributed by atoms with Gasteiger partial charge in [0.05, 0.1) is 11.7 Å². The van der Waals surface area contributed by atoms with Crippen LogP contribution in [0.3, 0.4) is 0 Å². The van der Waals surface area contributed by atoms with Gasteiger partial charge in [0.2, 0.25) is 0 Å². The first kappa shape index (κ1) is 36.6. The zero-order valence-corrected chi connectivity index (χ0v) is 33.2. The molecule has 1 aromatic carbocycles. The van der Waals surface area contributed by atoms with Crippen LogP contribution in [-0.2, 0) is 9.47 Å². The van der Waals surface area contributed by atoms with Crippen LogP contribution in [0.15, 0.2) is 53.8 Å². The van der Waals surface area contributed by atoms with Crippen LogP contribution in [0, 0.1) is 5.82 Å². The van der Waals surface area contributed by atoms with Crippen LogP contribution in [0.1, 0.15) is 32.1 Å². The predicted octanol–water partition coefficient (Wildman–Crippen LogP) is 9.60. The van der Waals surface area contributed by atoms with Crippen LogP contribution in [0.2, 0.25) is 51.4 Å². The Kier molecular flexibility index (Phi) is 12.2. The Morgan fingerprint density at radius 2 is 1.65 bits per heavy atom. The van der Waals surface area contributed by atoms with E-state index in [2.05, 4.69) is 76.6 Å². The number of benzene rings is 1. The van der Waals surface area contributed by atoms with Crippen molar-refractivity contribution in [1.82, 2.24) is 19.6 Å². The number of hydrogen-bond donors (Lipinski definition) is 0. The van der Waals surface area contributed by atoms with Gasteiger partial charge in [-0.25, -0.2) is 9.37 Å². The van der Waals surface area contributed by atoms with Crippen LogP contribution >= 0.6 is 15.9 Å². The van der Waals surface area contributed by atoms with Gasteiger partial charge in [0.1, 0.15) is 29.6 Å². The minimum absolute atomic E-state index is 0.292. The van der Waals surface area contributed by atoms with Crippen molar-refractivity contribution in [2.75, 3.05) is 43.0 Å². The molecule has 0 atom stereocenters. The number of nitrogens with zero attached hydrogens (tertiary/aromatic N) is 6. The van der Waals surface area contributed by atoms with Gasteiger partial charge in [0, 0.05) is 64.7 Å². The highest BCUT2D eigenvalue weighted by Gasteiger charge is 2.29. The van der Waals surface area contributed by atoms with E-state index in [1.54, 1.807) is 6.07 Å². The fraction of sp³-hybridized carbons (Fsp3) is 0.528. The molecule has 0 bridgehead atoms. The summed E-state index contributed by atoms with van der Waals surface area (Å²) >= 11 is 4.04. The van der Waals surface area contributed by atoms with E-state index in [1.807, 2.05) is 29.1 Å². The second-order valence-electron chi connectivity index (χ2n) is 15.4. The third-order valence-electron chi connectivity index (χ3n) is 8.90. The van der Waals surface area contributed by atoms with Crippen molar-refractivity contribution < 1.29 is 13.9 Å². The van der Waals surface area contributed by atoms with Gasteiger partial charge in [-0.3, -0.25) is 4.98 Å². The third kappa shape index (κ3) is 9.32. The highest BCUT2D eigenvalue weighted by Crippen LogP contribution is 2.40. The van der Waals surface area contributed by atoms with Crippen molar-refractivity contribution in [2.24, 2.45) is 0 Å². The fourth-order valence-corrected chi connectivity index (χ4v) is 8.32. The van der Waals surface area contributed by atoms with E-state index in [0.717, 1.165) is 63.1 Å². The molecule has 1 saturated carbocycles. The normalized spacial score (nSPS) is 14.6. The Bertz CT molecular complexity index is 1680. The molecule has 0 saturated heterocycles. The fourth-order valence-electron chi connectivity index (χ4n) is 6.07. The maximum absolute atomic E-state index is 14.2. The summed E-state index contributed by atoms with van der Waals surface area (Å²) in [6.07, 6.45) is 11.5. The first-order valence-electron chi connectivity index (χ1n) is 17.3. The molecule has 0 aliphatic heterocycles. The second-order valence-corrected chi connectivity index (χ2v) is 27.4. The molecular formula is C36H52BrFN6O2Si2. The van der Waals surface area contributed by atoms with Gasteiger partial charge in [-0.15, -0.1) is 6.58 Å². The molecule has 0 spiro atoms. The van der Waals surface area contributed by atoms with E-state index in [0.29, 0.717) is 44.9 Å². The van der Waals surface area contributed by atoms with E-state index in [1.165, 1.54) is 31.4 Å². The number of rotatable bonds is 16. The number of aromatic nitrogens is 4. The third-order valence-corrected chi connectivity index (χ3v) is 13.0. The number of ether oxygens (including phenoxy) is 2. The molecule has 3 aromatic heterocycles. The standard InChI is InChI=1S/C36H52BrFN6O2Si2/c1-8-16-43(30-12-10-9-11-13-30)35-33(37)36(42(25-45-17-19-47(2,3)4)26-46-18-20-48(5,6)7)44-34(41-35)31(24-40-44)28-21-27-22-29(38)14-15-32(27)39-23-28/h8,14-15,21-24,30H,1,9-13,16-20,25-26H2,2-7H3. The highest BCUT2D eigenvalue weighted by molar-refractivity contribution is 9.10. The average Bonchev–Trinajstić information content (AvgIpc) is 3.45. The summed E-state index contributed by atoms with van der Waals surface area (Å²) in [6.45, 7) is 21.1. The summed E-state index contributed by atoms with van der Waals surface area (Å²) in [7, 11) is -2.56. The van der Waals surface area contributed by atoms with E-state index >= 15 is 0 Å². The largest absolute Gasteiger partial charge is 0.361 e. The van der Waals surface area contributed by atoms with E-state index in [9.17, 15) is 4.39 Å². The molecule has 1 aliphatic rings. The maximum Gasteiger partial charge on any atom is 0.167 e. The SMILES string of the molecule is C=CCN(c1nc2c(-c3cnc4ccc(F)cc4c3)cnn2c(N(COCC[Si](C)(C)C)COCC[Si](C)(C)C)c1Br)C1CCCCC1. The molecule has 5 rings (SSSR count). The average molecular weight is 756 g/mol. The van der Waals surface area contributed by atoms with Crippen molar-refractivity contribution in [3.05, 3.63) is 59.6 Å². The molecule has 4 aromatic rings. The maximum atomic E-state index is 14.2. The molecule has 260 valence electrons. The Balaban J connectivity index is 1.64. The number of anilines is 2. The molecule has 8 nitrogen and oxygen atoms in total. The molecule has 0 radical (unpaired) electrons. The number of hydrogen-bond acceptors (Lipinski definition) is 7. The molecule has 3 heterocycles. The first-order valence-corrected chi connectivity index (χ1v) is 25.5. The van der Waals surface area contributed by atoms with Crippen LogP contribution in [0.5, 0.6) is 0 Å². The molecule has 1 aliphatic carbocycles. The summed E-state index contributed by atoms with van der Waals surface area (Å²) in [5, 5.41) is 5.64. The predicted molar refractivity (Wildman–Crippen MR) is 206 cm³/mol. The minimum Gasteiger partial charge on any atom is -0.361 e. The van der Waals surface area contributed by atoms with Gasteiger partial charge in [-0.2, -0.15) is 9.61 Å². The van der Waals surface area contributed by atoms with Crippen molar-refractivity contribution in [3.63, 3.8) is 0 Å². The van der Waals surface area contributed by atoms with Crippen molar-refractivity contribution in [3.8, 4) is 11.1 Å². The quantitative estimate of drug-likeness (QED) is 0.0489. The second kappa shape index (κ2) is 15.9. The molecule has 12 heteroatoms. The molecular weight excluding hydrogens is 704 g/mol. The zero-order chi connectivity index (χ0) is 34.5. The van der Waals surface area contributed by atoms with Gasteiger partial charge >= 0.3 is 0 Å². The molecule has 48 heavy (non-hydrogen) atoms. The van der Waals surface area contributed by atoms with Crippen LogP contribution < -0.4 is 9.80 Å². The summed E-state index contributed by atoms with van der Waals surface area (Å²) < 4.78 is 29.7. The zero-order valence-electron chi connectivity index (χ0n) is 29.6. The Morgan fingerprint density at radius 1 is 0.979 bits per heavy atom. The Morgan fingerprint density at radius 3 is 2.27 bits per heavy atom. The molecule has 0 N–H and O–H groups in total. The van der Waals surface area contributed by atoms with E-state index < -0.39 is 16.1 Å². The summed E-state index contributed by atoms with van der Waals surface area (Å²) in [5.41, 5.74) is 3.08. The highest BCUT2D eigenvalue weighted by atomic mass is 79.9. The van der Waals surface area contributed by atoms with Crippen molar-refractivity contribution >= 4 is 60.3 Å². The van der Waals surface area contributed by atoms with Gasteiger partial charge in [0.25, 0.3) is 0 Å². The van der Waals surface area contributed by atoms with Crippen LogP contribution in [0.25, 0.3) is 27.7 Å². The monoisotopic (exact) mass is 754 g/mol. The topological polar surface area (TPSA) is 68.0 Å². The Labute approximate surface area is 295 Å². The molecule has 0 amide bonds. The van der Waals surface area contributed by atoms with Gasteiger partial charge in [0.15, 0.2) is 11.5 Å². The first-order chi connectivity index (χ1) is 22.8. The van der Waals surface area contributed by atoms with Crippen molar-refractivity contribution in [2.45, 2.75) is 89.5 Å². The number of pyridine rings is 1. The lowest BCUT2D eigenvalue weighted by molar-refractivity contribution is 0.0941. The van der Waals surface area contributed by atoms with E-state index in [4.69, 9.17) is 19.6 Å². The Hall–Kier alpha value is -2.65. The summed E-state index contributed by atoms with van der Waals surface area (Å²) in [6, 6.07) is 9.12.